The Balaban J connectivity index is 2.53. The molecular formula is C12H22O10. The van der Waals surface area contributed by atoms with Gasteiger partial charge in [0.15, 0.2) is 12.1 Å². The van der Waals surface area contributed by atoms with Gasteiger partial charge in [0.05, 0.1) is 12.7 Å². The molecule has 0 saturated carbocycles. The van der Waals surface area contributed by atoms with Crippen LogP contribution in [0.4, 0.5) is 0 Å². The van der Waals surface area contributed by atoms with Gasteiger partial charge in [-0.3, -0.25) is 4.79 Å². The second-order valence-electron chi connectivity index (χ2n) is 5.14. The number of rotatable bonds is 7. The number of Topliss-reactive ketones (excluding diaryl/α,β-unsaturated/α-hetero) is 1. The summed E-state index contributed by atoms with van der Waals surface area (Å²) in [5.41, 5.74) is 0. The van der Waals surface area contributed by atoms with Gasteiger partial charge in [-0.25, -0.2) is 0 Å². The fourth-order valence-corrected chi connectivity index (χ4v) is 1.91. The Bertz CT molecular complexity index is 364. The highest BCUT2D eigenvalue weighted by atomic mass is 16.7. The van der Waals surface area contributed by atoms with Crippen LogP contribution in [0.25, 0.3) is 0 Å². The standard InChI is InChI=1S/C12H22O10/c1-4-7(16)10(19)11(20)12(22-4)21-3-6(15)9(18)8(17)5(14)2-13/h4-5,7-14,16-20H,2-3H2,1H3/t4-,5+,7-,8+,9+,10+,11+,12?/m0/s1. The number of carbonyl (C=O) groups excluding carboxylic acids is 1. The second-order valence-corrected chi connectivity index (χ2v) is 5.14. The predicted octanol–water partition coefficient (Wildman–Crippen LogP) is -4.53. The Kier molecular flexibility index (Phi) is 7.25. The fourth-order valence-electron chi connectivity index (χ4n) is 1.91. The SMILES string of the molecule is C[C@@H]1OC(OCC(=O)[C@@H](O)[C@H](O)[C@H](O)CO)[C@H](O)[C@H](O)[C@H]1O. The van der Waals surface area contributed by atoms with Gasteiger partial charge in [0, 0.05) is 0 Å². The molecule has 0 aromatic rings. The fraction of sp³-hybridized carbons (Fsp3) is 0.917. The molecule has 1 aliphatic heterocycles. The van der Waals surface area contributed by atoms with Crippen molar-refractivity contribution in [1.29, 1.82) is 0 Å². The summed E-state index contributed by atoms with van der Waals surface area (Å²) in [5.74, 6) is -1.02. The number of ether oxygens (including phenoxy) is 2. The zero-order valence-corrected chi connectivity index (χ0v) is 11.9. The Morgan fingerprint density at radius 2 is 1.73 bits per heavy atom. The Hall–Kier alpha value is -0.690. The maximum atomic E-state index is 11.6. The Morgan fingerprint density at radius 1 is 1.14 bits per heavy atom. The molecule has 1 saturated heterocycles. The van der Waals surface area contributed by atoms with Crippen LogP contribution in [0.3, 0.4) is 0 Å². The highest BCUT2D eigenvalue weighted by Crippen LogP contribution is 2.21. The molecule has 8 atom stereocenters. The third-order valence-electron chi connectivity index (χ3n) is 3.43. The van der Waals surface area contributed by atoms with Crippen molar-refractivity contribution >= 4 is 5.78 Å². The third-order valence-corrected chi connectivity index (χ3v) is 3.43. The van der Waals surface area contributed by atoms with Gasteiger partial charge < -0.3 is 45.2 Å². The first-order valence-electron chi connectivity index (χ1n) is 6.69. The van der Waals surface area contributed by atoms with Crippen LogP contribution in [0, 0.1) is 0 Å². The first kappa shape index (κ1) is 19.4. The van der Waals surface area contributed by atoms with Gasteiger partial charge >= 0.3 is 0 Å². The van der Waals surface area contributed by atoms with Crippen LogP contribution in [0.5, 0.6) is 0 Å². The second kappa shape index (κ2) is 8.24. The molecule has 1 heterocycles. The lowest BCUT2D eigenvalue weighted by molar-refractivity contribution is -0.291. The number of hydrogen-bond acceptors (Lipinski definition) is 10. The van der Waals surface area contributed by atoms with Gasteiger partial charge in [0.2, 0.25) is 0 Å². The van der Waals surface area contributed by atoms with Crippen LogP contribution in [0.15, 0.2) is 0 Å². The highest BCUT2D eigenvalue weighted by Gasteiger charge is 2.43. The van der Waals surface area contributed by atoms with Gasteiger partial charge in [-0.2, -0.15) is 0 Å². The minimum absolute atomic E-state index is 0.784. The van der Waals surface area contributed by atoms with E-state index in [1.54, 1.807) is 0 Å². The molecule has 0 bridgehead atoms. The van der Waals surface area contributed by atoms with E-state index in [9.17, 15) is 30.3 Å². The zero-order chi connectivity index (χ0) is 17.0. The van der Waals surface area contributed by atoms with Crippen molar-refractivity contribution in [3.05, 3.63) is 0 Å². The molecule has 0 amide bonds. The van der Waals surface area contributed by atoms with E-state index in [1.807, 2.05) is 0 Å². The van der Waals surface area contributed by atoms with Crippen LogP contribution in [-0.2, 0) is 14.3 Å². The van der Waals surface area contributed by atoms with Gasteiger partial charge in [-0.1, -0.05) is 0 Å². The van der Waals surface area contributed by atoms with Gasteiger partial charge in [0.1, 0.15) is 43.2 Å². The molecule has 0 aromatic heterocycles. The van der Waals surface area contributed by atoms with Crippen LogP contribution in [-0.4, -0.2) is 104 Å². The van der Waals surface area contributed by atoms with E-state index in [0.717, 1.165) is 0 Å². The van der Waals surface area contributed by atoms with Crippen molar-refractivity contribution in [3.8, 4) is 0 Å². The summed E-state index contributed by atoms with van der Waals surface area (Å²) >= 11 is 0. The maximum Gasteiger partial charge on any atom is 0.189 e. The number of aliphatic hydroxyl groups is 7. The topological polar surface area (TPSA) is 177 Å². The Morgan fingerprint density at radius 3 is 2.27 bits per heavy atom. The largest absolute Gasteiger partial charge is 0.394 e. The van der Waals surface area contributed by atoms with Crippen LogP contribution in [0.1, 0.15) is 6.92 Å². The van der Waals surface area contributed by atoms with Gasteiger partial charge in [0.25, 0.3) is 0 Å². The number of carbonyl (C=O) groups is 1. The van der Waals surface area contributed by atoms with Crippen LogP contribution < -0.4 is 0 Å². The minimum Gasteiger partial charge on any atom is -0.394 e. The van der Waals surface area contributed by atoms with E-state index in [-0.39, 0.29) is 0 Å². The van der Waals surface area contributed by atoms with Crippen molar-refractivity contribution < 1.29 is 50.0 Å². The van der Waals surface area contributed by atoms with E-state index in [4.69, 9.17) is 19.7 Å². The summed E-state index contributed by atoms with van der Waals surface area (Å²) in [5, 5.41) is 65.3. The zero-order valence-electron chi connectivity index (χ0n) is 11.9. The molecule has 0 spiro atoms. The Labute approximate surface area is 126 Å². The van der Waals surface area contributed by atoms with Crippen molar-refractivity contribution in [2.24, 2.45) is 0 Å². The summed E-state index contributed by atoms with van der Waals surface area (Å²) in [4.78, 5) is 11.6. The summed E-state index contributed by atoms with van der Waals surface area (Å²) in [6, 6.07) is 0. The molecule has 10 heteroatoms. The predicted molar refractivity (Wildman–Crippen MR) is 68.4 cm³/mol. The molecule has 10 nitrogen and oxygen atoms in total. The third kappa shape index (κ3) is 4.41. The van der Waals surface area contributed by atoms with E-state index in [2.05, 4.69) is 0 Å². The summed E-state index contributed by atoms with van der Waals surface area (Å²) in [7, 11) is 0. The highest BCUT2D eigenvalue weighted by molar-refractivity contribution is 5.84. The van der Waals surface area contributed by atoms with Gasteiger partial charge in [-0.15, -0.1) is 0 Å². The summed E-state index contributed by atoms with van der Waals surface area (Å²) < 4.78 is 10.00. The lowest BCUT2D eigenvalue weighted by Crippen LogP contribution is -2.57. The number of hydrogen-bond donors (Lipinski definition) is 7. The van der Waals surface area contributed by atoms with E-state index >= 15 is 0 Å². The van der Waals surface area contributed by atoms with Crippen molar-refractivity contribution in [2.75, 3.05) is 13.2 Å². The number of ketones is 1. The quantitative estimate of drug-likeness (QED) is 0.241. The molecule has 0 radical (unpaired) electrons. The summed E-state index contributed by atoms with van der Waals surface area (Å²) in [6.07, 6.45) is -12.3. The van der Waals surface area contributed by atoms with Crippen LogP contribution in [0.2, 0.25) is 0 Å². The minimum atomic E-state index is -2.00. The van der Waals surface area contributed by atoms with Crippen LogP contribution >= 0.6 is 0 Å². The molecule has 1 aliphatic rings. The lowest BCUT2D eigenvalue weighted by Gasteiger charge is -2.38. The average molecular weight is 326 g/mol. The van der Waals surface area contributed by atoms with E-state index < -0.39 is 68.0 Å². The summed E-state index contributed by atoms with van der Waals surface area (Å²) in [6.45, 7) is -0.208. The van der Waals surface area contributed by atoms with E-state index in [0.29, 0.717) is 0 Å². The van der Waals surface area contributed by atoms with Crippen molar-refractivity contribution in [2.45, 2.75) is 55.9 Å². The molecule has 22 heavy (non-hydrogen) atoms. The van der Waals surface area contributed by atoms with E-state index in [1.165, 1.54) is 6.92 Å². The molecule has 130 valence electrons. The lowest BCUT2D eigenvalue weighted by atomic mass is 10.00. The first-order chi connectivity index (χ1) is 10.2. The molecule has 1 fully saturated rings. The van der Waals surface area contributed by atoms with Crippen molar-refractivity contribution in [1.82, 2.24) is 0 Å². The molecule has 1 rings (SSSR count). The molecule has 0 aromatic carbocycles. The molecule has 1 unspecified atom stereocenters. The molecule has 7 N–H and O–H groups in total. The normalized spacial score (nSPS) is 36.6. The molecule has 0 aliphatic carbocycles. The average Bonchev–Trinajstić information content (AvgIpc) is 2.52. The van der Waals surface area contributed by atoms with Crippen molar-refractivity contribution in [3.63, 3.8) is 0 Å². The molecular weight excluding hydrogens is 304 g/mol. The smallest absolute Gasteiger partial charge is 0.189 e. The first-order valence-corrected chi connectivity index (χ1v) is 6.69. The number of aliphatic hydroxyl groups excluding tert-OH is 7. The monoisotopic (exact) mass is 326 g/mol. The maximum absolute atomic E-state index is 11.6. The van der Waals surface area contributed by atoms with Gasteiger partial charge in [-0.05, 0) is 6.92 Å².